The molecular weight excluding hydrogens is 386 g/mol. The monoisotopic (exact) mass is 414 g/mol. The third kappa shape index (κ3) is 4.31. The number of nitrogens with one attached hydrogen (secondary N) is 1. The average molecular weight is 415 g/mol. The molecule has 1 aromatic heterocycles. The Morgan fingerprint density at radius 3 is 2.66 bits per heavy atom. The van der Waals surface area contributed by atoms with Crippen LogP contribution in [0.25, 0.3) is 0 Å². The number of ether oxygens (including phenoxy) is 2. The maximum atomic E-state index is 13.2. The molecule has 1 amide bonds. The summed E-state index contributed by atoms with van der Waals surface area (Å²) < 4.78 is 10.9. The van der Waals surface area contributed by atoms with Gasteiger partial charge in [-0.15, -0.1) is 11.3 Å². The molecule has 1 atom stereocenters. The van der Waals surface area contributed by atoms with Crippen LogP contribution >= 0.6 is 11.3 Å². The first-order valence-corrected chi connectivity index (χ1v) is 11.1. The van der Waals surface area contributed by atoms with Crippen molar-refractivity contribution in [2.75, 3.05) is 33.9 Å². The maximum Gasteiger partial charge on any atom is 0.298 e. The van der Waals surface area contributed by atoms with E-state index in [0.29, 0.717) is 24.5 Å². The highest BCUT2D eigenvalue weighted by Crippen LogP contribution is 2.37. The summed E-state index contributed by atoms with van der Waals surface area (Å²) in [5.41, 5.74) is 1.99. The molecule has 7 heteroatoms. The van der Waals surface area contributed by atoms with Crippen molar-refractivity contribution in [1.29, 1.82) is 0 Å². The predicted octanol–water partition coefficient (Wildman–Crippen LogP) is 2.51. The number of methoxy groups -OCH3 is 2. The summed E-state index contributed by atoms with van der Waals surface area (Å²) in [5, 5.41) is 8.53. The van der Waals surface area contributed by atoms with Crippen LogP contribution in [0.4, 0.5) is 0 Å². The van der Waals surface area contributed by atoms with Gasteiger partial charge in [-0.05, 0) is 48.4 Å². The summed E-state index contributed by atoms with van der Waals surface area (Å²) >= 11 is 1.66. The number of nitrogens with zero attached hydrogens (tertiary/aromatic N) is 2. The van der Waals surface area contributed by atoms with Gasteiger partial charge >= 0.3 is 0 Å². The van der Waals surface area contributed by atoms with Gasteiger partial charge in [0.1, 0.15) is 0 Å². The number of piperidine rings is 1. The maximum absolute atomic E-state index is 13.2. The fourth-order valence-electron chi connectivity index (χ4n) is 4.17. The van der Waals surface area contributed by atoms with E-state index >= 15 is 0 Å². The van der Waals surface area contributed by atoms with Crippen molar-refractivity contribution in [2.45, 2.75) is 31.7 Å². The number of carbonyl (C=O) groups is 1. The lowest BCUT2D eigenvalue weighted by Crippen LogP contribution is -3.13. The molecule has 1 fully saturated rings. The number of quaternary nitrogens is 1. The van der Waals surface area contributed by atoms with E-state index in [4.69, 9.17) is 14.6 Å². The van der Waals surface area contributed by atoms with Gasteiger partial charge in [0.05, 0.1) is 43.9 Å². The third-order valence-electron chi connectivity index (χ3n) is 5.73. The molecule has 0 unspecified atom stereocenters. The Bertz CT molecular complexity index is 875. The Hall–Kier alpha value is -2.38. The van der Waals surface area contributed by atoms with E-state index in [-0.39, 0.29) is 11.9 Å². The summed E-state index contributed by atoms with van der Waals surface area (Å²) in [4.78, 5) is 15.7. The fraction of sp³-hybridized carbons (Fsp3) is 0.455. The van der Waals surface area contributed by atoms with Gasteiger partial charge in [0, 0.05) is 6.42 Å². The van der Waals surface area contributed by atoms with Crippen molar-refractivity contribution in [1.82, 2.24) is 5.01 Å². The number of hydrogen-bond acceptors (Lipinski definition) is 5. The minimum Gasteiger partial charge on any atom is -0.493 e. The van der Waals surface area contributed by atoms with E-state index in [1.165, 1.54) is 24.2 Å². The topological polar surface area (TPSA) is 55.6 Å². The van der Waals surface area contributed by atoms with Crippen LogP contribution < -0.4 is 14.4 Å². The first-order chi connectivity index (χ1) is 14.2. The SMILES string of the molecule is COc1ccc([C@@H]2CC(c3cccs3)=NN2C(=O)C[NH+]2CCCCC2)cc1OC. The number of likely N-dealkylation sites (tertiary alicyclic amines) is 1. The first-order valence-electron chi connectivity index (χ1n) is 10.2. The highest BCUT2D eigenvalue weighted by Gasteiger charge is 2.35. The van der Waals surface area contributed by atoms with Gasteiger partial charge in [-0.1, -0.05) is 12.1 Å². The molecule has 1 aromatic carbocycles. The van der Waals surface area contributed by atoms with E-state index in [2.05, 4.69) is 6.07 Å². The molecule has 154 valence electrons. The summed E-state index contributed by atoms with van der Waals surface area (Å²) in [6, 6.07) is 9.84. The van der Waals surface area contributed by atoms with Gasteiger partial charge in [0.25, 0.3) is 5.91 Å². The quantitative estimate of drug-likeness (QED) is 0.790. The molecule has 0 radical (unpaired) electrons. The van der Waals surface area contributed by atoms with E-state index in [1.54, 1.807) is 30.6 Å². The van der Waals surface area contributed by atoms with Crippen LogP contribution in [0.3, 0.4) is 0 Å². The normalized spacial score (nSPS) is 19.9. The predicted molar refractivity (Wildman–Crippen MR) is 114 cm³/mol. The molecule has 0 saturated carbocycles. The van der Waals surface area contributed by atoms with Crippen molar-refractivity contribution in [3.63, 3.8) is 0 Å². The van der Waals surface area contributed by atoms with E-state index < -0.39 is 0 Å². The van der Waals surface area contributed by atoms with E-state index in [9.17, 15) is 4.79 Å². The van der Waals surface area contributed by atoms with E-state index in [0.717, 1.165) is 29.2 Å². The smallest absolute Gasteiger partial charge is 0.298 e. The van der Waals surface area contributed by atoms with E-state index in [1.807, 2.05) is 29.6 Å². The minimum absolute atomic E-state index is 0.0910. The number of thiophene rings is 1. The highest BCUT2D eigenvalue weighted by molar-refractivity contribution is 7.12. The molecule has 3 heterocycles. The fourth-order valence-corrected chi connectivity index (χ4v) is 4.90. The summed E-state index contributed by atoms with van der Waals surface area (Å²) in [5.74, 6) is 1.45. The van der Waals surface area contributed by atoms with Gasteiger partial charge in [0.15, 0.2) is 18.0 Å². The molecule has 0 spiro atoms. The summed E-state index contributed by atoms with van der Waals surface area (Å²) in [6.45, 7) is 2.65. The number of hydrogen-bond donors (Lipinski definition) is 1. The number of carbonyl (C=O) groups excluding carboxylic acids is 1. The molecule has 29 heavy (non-hydrogen) atoms. The van der Waals surface area contributed by atoms with Crippen LogP contribution in [-0.2, 0) is 4.79 Å². The van der Waals surface area contributed by atoms with Crippen molar-refractivity contribution in [3.05, 3.63) is 46.2 Å². The Morgan fingerprint density at radius 2 is 1.97 bits per heavy atom. The third-order valence-corrected chi connectivity index (χ3v) is 6.64. The van der Waals surface area contributed by atoms with Gasteiger partial charge in [-0.2, -0.15) is 5.10 Å². The number of rotatable bonds is 6. The van der Waals surface area contributed by atoms with Crippen LogP contribution in [0.15, 0.2) is 40.8 Å². The molecule has 0 aliphatic carbocycles. The molecular formula is C22H28N3O3S+. The Balaban J connectivity index is 1.61. The summed E-state index contributed by atoms with van der Waals surface area (Å²) in [6.07, 6.45) is 4.38. The molecule has 2 aliphatic rings. The molecule has 2 aliphatic heterocycles. The first kappa shape index (κ1) is 19.9. The zero-order chi connectivity index (χ0) is 20.2. The molecule has 6 nitrogen and oxygen atoms in total. The van der Waals surface area contributed by atoms with Crippen LogP contribution in [-0.4, -0.2) is 50.5 Å². The Labute approximate surface area is 175 Å². The zero-order valence-electron chi connectivity index (χ0n) is 17.0. The number of hydrazone groups is 1. The van der Waals surface area contributed by atoms with Crippen molar-refractivity contribution >= 4 is 23.0 Å². The summed E-state index contributed by atoms with van der Waals surface area (Å²) in [7, 11) is 3.26. The van der Waals surface area contributed by atoms with Crippen LogP contribution in [0.2, 0.25) is 0 Å². The minimum atomic E-state index is -0.122. The second-order valence-electron chi connectivity index (χ2n) is 7.58. The molecule has 1 N–H and O–H groups in total. The zero-order valence-corrected chi connectivity index (χ0v) is 17.8. The highest BCUT2D eigenvalue weighted by atomic mass is 32.1. The van der Waals surface area contributed by atoms with Gasteiger partial charge in [0.2, 0.25) is 0 Å². The van der Waals surface area contributed by atoms with Gasteiger partial charge in [-0.25, -0.2) is 5.01 Å². The number of amides is 1. The van der Waals surface area contributed by atoms with Crippen LogP contribution in [0.1, 0.15) is 42.2 Å². The lowest BCUT2D eigenvalue weighted by atomic mass is 10.0. The van der Waals surface area contributed by atoms with Crippen molar-refractivity contribution in [2.24, 2.45) is 5.10 Å². The lowest BCUT2D eigenvalue weighted by molar-refractivity contribution is -0.897. The molecule has 2 aromatic rings. The van der Waals surface area contributed by atoms with Gasteiger partial charge in [-0.3, -0.25) is 4.79 Å². The number of benzene rings is 1. The average Bonchev–Trinajstić information content (AvgIpc) is 3.44. The molecule has 1 saturated heterocycles. The Kier molecular flexibility index (Phi) is 6.16. The van der Waals surface area contributed by atoms with Crippen molar-refractivity contribution in [3.8, 4) is 11.5 Å². The van der Waals surface area contributed by atoms with Crippen molar-refractivity contribution < 1.29 is 19.2 Å². The lowest BCUT2D eigenvalue weighted by Gasteiger charge is -2.27. The standard InChI is InChI=1S/C22H27N3O3S/c1-27-19-9-8-16(13-20(19)28-2)18-14-17(21-7-6-12-29-21)23-25(18)22(26)15-24-10-4-3-5-11-24/h6-9,12-13,18H,3-5,10-11,14-15H2,1-2H3/p+1/t18-/m0/s1. The largest absolute Gasteiger partial charge is 0.493 e. The second-order valence-corrected chi connectivity index (χ2v) is 8.53. The van der Waals surface area contributed by atoms with Crippen LogP contribution in [0, 0.1) is 0 Å². The molecule has 0 bridgehead atoms. The van der Waals surface area contributed by atoms with Gasteiger partial charge < -0.3 is 14.4 Å². The molecule has 4 rings (SSSR count). The second kappa shape index (κ2) is 8.97. The Morgan fingerprint density at radius 1 is 1.17 bits per heavy atom. The van der Waals surface area contributed by atoms with Crippen LogP contribution in [0.5, 0.6) is 11.5 Å².